The van der Waals surface area contributed by atoms with E-state index in [1.807, 2.05) is 11.4 Å². The highest BCUT2D eigenvalue weighted by molar-refractivity contribution is 9.10. The maximum atomic E-state index is 9.76. The molecule has 122 valence electrons. The van der Waals surface area contributed by atoms with Crippen LogP contribution in [0.15, 0.2) is 51.4 Å². The number of hydrogen-bond donors (Lipinski definition) is 2. The first-order chi connectivity index (χ1) is 11.5. The predicted octanol–water partition coefficient (Wildman–Crippen LogP) is 6.03. The Morgan fingerprint density at radius 3 is 2.83 bits per heavy atom. The van der Waals surface area contributed by atoms with Gasteiger partial charge in [-0.1, -0.05) is 39.1 Å². The Balaban J connectivity index is 1.74. The van der Waals surface area contributed by atoms with E-state index in [2.05, 4.69) is 31.4 Å². The molecule has 24 heavy (non-hydrogen) atoms. The first kappa shape index (κ1) is 17.2. The molecule has 0 aliphatic rings. The van der Waals surface area contributed by atoms with Crippen LogP contribution in [0.2, 0.25) is 10.0 Å². The second kappa shape index (κ2) is 7.53. The zero-order chi connectivity index (χ0) is 17.1. The number of nitrogens with one attached hydrogen (secondary N) is 1. The molecule has 0 unspecified atom stereocenters. The third-order valence-corrected chi connectivity index (χ3v) is 4.85. The van der Waals surface area contributed by atoms with E-state index in [9.17, 15) is 5.11 Å². The van der Waals surface area contributed by atoms with E-state index in [1.54, 1.807) is 30.3 Å². The molecule has 8 heteroatoms. The maximum Gasteiger partial charge on any atom is 0.203 e. The highest BCUT2D eigenvalue weighted by Crippen LogP contribution is 2.32. The Hall–Kier alpha value is -1.60. The molecule has 1 aromatic heterocycles. The summed E-state index contributed by atoms with van der Waals surface area (Å²) in [5, 5.41) is 17.5. The summed E-state index contributed by atoms with van der Waals surface area (Å²) in [6.07, 6.45) is 1.52. The Labute approximate surface area is 160 Å². The van der Waals surface area contributed by atoms with Crippen molar-refractivity contribution in [3.8, 4) is 17.0 Å². The highest BCUT2D eigenvalue weighted by atomic mass is 79.9. The van der Waals surface area contributed by atoms with Crippen LogP contribution in [-0.2, 0) is 0 Å². The van der Waals surface area contributed by atoms with Crippen molar-refractivity contribution < 1.29 is 5.11 Å². The molecule has 2 N–H and O–H groups in total. The standard InChI is InChI=1S/C16H10BrCl2N3OS/c17-10-1-4-15(23)9(5-10)7-20-22-16-21-14(8-24-16)12-3-2-11(18)6-13(12)19/h1-8,23H,(H,21,22). The van der Waals surface area contributed by atoms with Crippen molar-refractivity contribution in [2.24, 2.45) is 5.10 Å². The third-order valence-electron chi connectivity index (χ3n) is 3.06. The van der Waals surface area contributed by atoms with Gasteiger partial charge in [0.1, 0.15) is 5.75 Å². The molecule has 2 aromatic carbocycles. The van der Waals surface area contributed by atoms with Gasteiger partial charge in [-0.25, -0.2) is 4.98 Å². The van der Waals surface area contributed by atoms with Crippen molar-refractivity contribution in [3.63, 3.8) is 0 Å². The Bertz CT molecular complexity index is 914. The van der Waals surface area contributed by atoms with Crippen molar-refractivity contribution in [1.29, 1.82) is 0 Å². The molecule has 0 saturated carbocycles. The van der Waals surface area contributed by atoms with E-state index in [0.29, 0.717) is 20.7 Å². The fourth-order valence-corrected chi connectivity index (χ4v) is 3.48. The topological polar surface area (TPSA) is 57.5 Å². The second-order valence-electron chi connectivity index (χ2n) is 4.74. The van der Waals surface area contributed by atoms with Crippen LogP contribution in [0.1, 0.15) is 5.56 Å². The van der Waals surface area contributed by atoms with Gasteiger partial charge in [0.05, 0.1) is 16.9 Å². The van der Waals surface area contributed by atoms with E-state index in [-0.39, 0.29) is 5.75 Å². The minimum absolute atomic E-state index is 0.150. The van der Waals surface area contributed by atoms with Crippen molar-refractivity contribution in [2.45, 2.75) is 0 Å². The lowest BCUT2D eigenvalue weighted by Gasteiger charge is -2.01. The van der Waals surface area contributed by atoms with Crippen molar-refractivity contribution >= 4 is 61.8 Å². The van der Waals surface area contributed by atoms with Gasteiger partial charge >= 0.3 is 0 Å². The number of phenols is 1. The van der Waals surface area contributed by atoms with E-state index < -0.39 is 0 Å². The summed E-state index contributed by atoms with van der Waals surface area (Å²) in [5.74, 6) is 0.150. The Kier molecular flexibility index (Phi) is 5.40. The molecule has 0 aliphatic carbocycles. The molecule has 0 saturated heterocycles. The van der Waals surface area contributed by atoms with Crippen LogP contribution < -0.4 is 5.43 Å². The molecule has 0 fully saturated rings. The number of nitrogens with zero attached hydrogens (tertiary/aromatic N) is 2. The number of halogens is 3. The predicted molar refractivity (Wildman–Crippen MR) is 105 cm³/mol. The molecular formula is C16H10BrCl2N3OS. The minimum Gasteiger partial charge on any atom is -0.507 e. The monoisotopic (exact) mass is 441 g/mol. The Morgan fingerprint density at radius 1 is 1.21 bits per heavy atom. The smallest absolute Gasteiger partial charge is 0.203 e. The van der Waals surface area contributed by atoms with Crippen LogP contribution >= 0.6 is 50.5 Å². The molecule has 0 bridgehead atoms. The van der Waals surface area contributed by atoms with Gasteiger partial charge in [-0.15, -0.1) is 11.3 Å². The number of hydrogen-bond acceptors (Lipinski definition) is 5. The van der Waals surface area contributed by atoms with E-state index >= 15 is 0 Å². The summed E-state index contributed by atoms with van der Waals surface area (Å²) < 4.78 is 0.857. The summed E-state index contributed by atoms with van der Waals surface area (Å²) in [4.78, 5) is 4.44. The van der Waals surface area contributed by atoms with Crippen LogP contribution in [-0.4, -0.2) is 16.3 Å². The maximum absolute atomic E-state index is 9.76. The lowest BCUT2D eigenvalue weighted by Crippen LogP contribution is -1.91. The van der Waals surface area contributed by atoms with Crippen LogP contribution in [0.25, 0.3) is 11.3 Å². The Morgan fingerprint density at radius 2 is 2.04 bits per heavy atom. The minimum atomic E-state index is 0.150. The van der Waals surface area contributed by atoms with Crippen molar-refractivity contribution in [1.82, 2.24) is 4.98 Å². The van der Waals surface area contributed by atoms with Crippen molar-refractivity contribution in [2.75, 3.05) is 5.43 Å². The fourth-order valence-electron chi connectivity index (χ4n) is 1.93. The van der Waals surface area contributed by atoms with Gasteiger partial charge in [0.25, 0.3) is 0 Å². The first-order valence-electron chi connectivity index (χ1n) is 6.71. The van der Waals surface area contributed by atoms with Gasteiger partial charge in [0.2, 0.25) is 5.13 Å². The number of benzene rings is 2. The van der Waals surface area contributed by atoms with Crippen LogP contribution in [0.4, 0.5) is 5.13 Å². The molecule has 4 nitrogen and oxygen atoms in total. The molecule has 1 heterocycles. The number of aromatic nitrogens is 1. The van der Waals surface area contributed by atoms with Crippen LogP contribution in [0.5, 0.6) is 5.75 Å². The number of thiazole rings is 1. The lowest BCUT2D eigenvalue weighted by molar-refractivity contribution is 0.474. The first-order valence-corrected chi connectivity index (χ1v) is 9.14. The van der Waals surface area contributed by atoms with E-state index in [1.165, 1.54) is 17.6 Å². The molecule has 0 amide bonds. The third kappa shape index (κ3) is 4.08. The number of anilines is 1. The number of rotatable bonds is 4. The zero-order valence-electron chi connectivity index (χ0n) is 12.0. The average Bonchev–Trinajstić information content (AvgIpc) is 2.99. The average molecular weight is 443 g/mol. The molecule has 0 aliphatic heterocycles. The second-order valence-corrected chi connectivity index (χ2v) is 7.35. The van der Waals surface area contributed by atoms with E-state index in [0.717, 1.165) is 15.7 Å². The number of phenolic OH excluding ortho intramolecular Hbond substituents is 1. The summed E-state index contributed by atoms with van der Waals surface area (Å²) >= 11 is 16.8. The van der Waals surface area contributed by atoms with Crippen LogP contribution in [0, 0.1) is 0 Å². The summed E-state index contributed by atoms with van der Waals surface area (Å²) in [5.41, 5.74) is 4.98. The van der Waals surface area contributed by atoms with Gasteiger partial charge in [0, 0.05) is 26.0 Å². The number of hydrazone groups is 1. The van der Waals surface area contributed by atoms with Gasteiger partial charge in [-0.3, -0.25) is 5.43 Å². The highest BCUT2D eigenvalue weighted by Gasteiger charge is 2.08. The molecule has 3 aromatic rings. The summed E-state index contributed by atoms with van der Waals surface area (Å²) in [6, 6.07) is 10.4. The van der Waals surface area contributed by atoms with Gasteiger partial charge in [-0.2, -0.15) is 5.10 Å². The van der Waals surface area contributed by atoms with Gasteiger partial charge in [-0.05, 0) is 36.4 Å². The summed E-state index contributed by atoms with van der Waals surface area (Å²) in [6.45, 7) is 0. The lowest BCUT2D eigenvalue weighted by atomic mass is 10.2. The molecule has 0 spiro atoms. The largest absolute Gasteiger partial charge is 0.507 e. The SMILES string of the molecule is Oc1ccc(Br)cc1C=NNc1nc(-c2ccc(Cl)cc2Cl)cs1. The van der Waals surface area contributed by atoms with Crippen molar-refractivity contribution in [3.05, 3.63) is 61.9 Å². The molecule has 0 atom stereocenters. The molecular weight excluding hydrogens is 433 g/mol. The quantitative estimate of drug-likeness (QED) is 0.383. The molecule has 0 radical (unpaired) electrons. The van der Waals surface area contributed by atoms with Crippen LogP contribution in [0.3, 0.4) is 0 Å². The van der Waals surface area contributed by atoms with E-state index in [4.69, 9.17) is 23.2 Å². The van der Waals surface area contributed by atoms with Gasteiger partial charge < -0.3 is 5.11 Å². The van der Waals surface area contributed by atoms with Gasteiger partial charge in [0.15, 0.2) is 0 Å². The summed E-state index contributed by atoms with van der Waals surface area (Å²) in [7, 11) is 0. The number of aromatic hydroxyl groups is 1. The normalized spacial score (nSPS) is 11.1. The zero-order valence-corrected chi connectivity index (χ0v) is 15.9. The molecule has 3 rings (SSSR count). The fraction of sp³-hybridized carbons (Fsp3) is 0.